The second-order valence-corrected chi connectivity index (χ2v) is 8.17. The Morgan fingerprint density at radius 2 is 1.71 bits per heavy atom. The van der Waals surface area contributed by atoms with Crippen LogP contribution in [0.15, 0.2) is 60.8 Å². The molecule has 1 unspecified atom stereocenters. The predicted octanol–water partition coefficient (Wildman–Crippen LogP) is 5.65. The van der Waals surface area contributed by atoms with Gasteiger partial charge in [-0.15, -0.1) is 0 Å². The highest BCUT2D eigenvalue weighted by molar-refractivity contribution is 5.84. The number of fused-ring (bicyclic) bond motifs is 2. The summed E-state index contributed by atoms with van der Waals surface area (Å²) in [6.45, 7) is 10.1. The Labute approximate surface area is 168 Å². The van der Waals surface area contributed by atoms with Gasteiger partial charge in [0.1, 0.15) is 5.75 Å². The third-order valence-electron chi connectivity index (χ3n) is 5.84. The fourth-order valence-electron chi connectivity index (χ4n) is 4.02. The molecule has 1 saturated heterocycles. The van der Waals surface area contributed by atoms with Gasteiger partial charge in [0.05, 0.1) is 12.1 Å². The van der Waals surface area contributed by atoms with Gasteiger partial charge in [-0.05, 0) is 80.5 Å². The molecule has 2 atom stereocenters. The maximum absolute atomic E-state index is 5.46. The van der Waals surface area contributed by atoms with Crippen LogP contribution in [-0.2, 0) is 0 Å². The average molecular weight is 375 g/mol. The lowest BCUT2D eigenvalue weighted by Crippen LogP contribution is -2.29. The van der Waals surface area contributed by atoms with Gasteiger partial charge in [0.2, 0.25) is 0 Å². The van der Waals surface area contributed by atoms with Crippen LogP contribution in [0.4, 0.5) is 0 Å². The molecule has 1 saturated carbocycles. The summed E-state index contributed by atoms with van der Waals surface area (Å²) < 4.78 is 5.46. The van der Waals surface area contributed by atoms with Crippen molar-refractivity contribution in [3.63, 3.8) is 0 Å². The molecule has 5 rings (SSSR count). The van der Waals surface area contributed by atoms with Gasteiger partial charge < -0.3 is 9.64 Å². The van der Waals surface area contributed by atoms with Crippen molar-refractivity contribution in [1.29, 1.82) is 0 Å². The smallest absolute Gasteiger partial charge is 0.119 e. The monoisotopic (exact) mass is 374 g/mol. The summed E-state index contributed by atoms with van der Waals surface area (Å²) in [4.78, 5) is 6.93. The van der Waals surface area contributed by atoms with Gasteiger partial charge >= 0.3 is 0 Å². The normalized spacial score (nSPS) is 20.6. The van der Waals surface area contributed by atoms with E-state index in [1.54, 1.807) is 0 Å². The topological polar surface area (TPSA) is 25.4 Å². The molecule has 0 bridgehead atoms. The average Bonchev–Trinajstić information content (AvgIpc) is 3.34. The third-order valence-corrected chi connectivity index (χ3v) is 5.84. The molecule has 1 aliphatic carbocycles. The first kappa shape index (κ1) is 18.9. The maximum atomic E-state index is 5.46. The number of benzene rings is 2. The molecule has 2 aromatic carbocycles. The van der Waals surface area contributed by atoms with E-state index in [-0.39, 0.29) is 0 Å². The van der Waals surface area contributed by atoms with Gasteiger partial charge in [-0.1, -0.05) is 24.3 Å². The number of likely N-dealkylation sites (tertiary alicyclic amines) is 1. The minimum Gasteiger partial charge on any atom is -0.494 e. The van der Waals surface area contributed by atoms with Crippen LogP contribution in [0.25, 0.3) is 22.0 Å². The first-order valence-corrected chi connectivity index (χ1v) is 10.5. The molecular weight excluding hydrogens is 344 g/mol. The number of piperidine rings is 1. The zero-order chi connectivity index (χ0) is 19.5. The zero-order valence-electron chi connectivity index (χ0n) is 17.1. The molecule has 1 aromatic heterocycles. The van der Waals surface area contributed by atoms with Crippen molar-refractivity contribution in [2.45, 2.75) is 33.2 Å². The predicted molar refractivity (Wildman–Crippen MR) is 117 cm³/mol. The summed E-state index contributed by atoms with van der Waals surface area (Å²) in [5.41, 5.74) is 3.41. The SMILES string of the molecule is CC(C)N1CC2C[C@@H]2C1.CCOc1ccc(-c2ccc3ncccc3c2)cc1. The molecule has 0 amide bonds. The van der Waals surface area contributed by atoms with Crippen LogP contribution < -0.4 is 4.74 Å². The van der Waals surface area contributed by atoms with E-state index in [2.05, 4.69) is 60.1 Å². The summed E-state index contributed by atoms with van der Waals surface area (Å²) in [5, 5.41) is 1.16. The Balaban J connectivity index is 0.000000177. The van der Waals surface area contributed by atoms with Gasteiger partial charge in [-0.2, -0.15) is 0 Å². The highest BCUT2D eigenvalue weighted by Crippen LogP contribution is 2.45. The molecule has 2 aliphatic rings. The van der Waals surface area contributed by atoms with Gasteiger partial charge in [0.25, 0.3) is 0 Å². The molecule has 28 heavy (non-hydrogen) atoms. The molecule has 2 heterocycles. The van der Waals surface area contributed by atoms with Crippen molar-refractivity contribution in [1.82, 2.24) is 9.88 Å². The highest BCUT2D eigenvalue weighted by atomic mass is 16.5. The quantitative estimate of drug-likeness (QED) is 0.590. The Hall–Kier alpha value is -2.39. The number of rotatable bonds is 4. The number of pyridine rings is 1. The fourth-order valence-corrected chi connectivity index (χ4v) is 4.02. The van der Waals surface area contributed by atoms with Crippen LogP contribution >= 0.6 is 0 Å². The minimum absolute atomic E-state index is 0.695. The van der Waals surface area contributed by atoms with Crippen LogP contribution in [-0.4, -0.2) is 35.6 Å². The first-order valence-electron chi connectivity index (χ1n) is 10.5. The Morgan fingerprint density at radius 3 is 2.36 bits per heavy atom. The summed E-state index contributed by atoms with van der Waals surface area (Å²) in [6, 6.07) is 19.3. The number of hydrogen-bond donors (Lipinski definition) is 0. The highest BCUT2D eigenvalue weighted by Gasteiger charge is 2.45. The molecule has 1 aliphatic heterocycles. The number of ether oxygens (including phenoxy) is 1. The molecule has 2 fully saturated rings. The second kappa shape index (κ2) is 8.32. The Kier molecular flexibility index (Phi) is 5.63. The molecule has 0 radical (unpaired) electrons. The van der Waals surface area contributed by atoms with Crippen molar-refractivity contribution >= 4 is 10.9 Å². The Morgan fingerprint density at radius 1 is 1.00 bits per heavy atom. The van der Waals surface area contributed by atoms with E-state index in [0.717, 1.165) is 34.5 Å². The summed E-state index contributed by atoms with van der Waals surface area (Å²) in [7, 11) is 0. The summed E-state index contributed by atoms with van der Waals surface area (Å²) in [6.07, 6.45) is 3.35. The van der Waals surface area contributed by atoms with Crippen molar-refractivity contribution < 1.29 is 4.74 Å². The zero-order valence-corrected chi connectivity index (χ0v) is 17.1. The molecule has 0 spiro atoms. The van der Waals surface area contributed by atoms with E-state index < -0.39 is 0 Å². The van der Waals surface area contributed by atoms with Gasteiger partial charge in [0, 0.05) is 30.7 Å². The lowest BCUT2D eigenvalue weighted by molar-refractivity contribution is 0.248. The Bertz CT molecular complexity index is 909. The first-order chi connectivity index (χ1) is 13.6. The van der Waals surface area contributed by atoms with Crippen molar-refractivity contribution in [3.05, 3.63) is 60.8 Å². The molecule has 146 valence electrons. The van der Waals surface area contributed by atoms with Gasteiger partial charge in [0.15, 0.2) is 0 Å². The standard InChI is InChI=1S/C17H15NO.C8H15N/c1-2-19-16-8-5-13(6-9-16)14-7-10-17-15(12-14)4-3-11-18-17;1-6(2)9-4-7-3-8(7)5-9/h3-12H,2H2,1H3;6-8H,3-5H2,1-2H3/t;7-,8?/m.1/s1. The molecule has 3 aromatic rings. The summed E-state index contributed by atoms with van der Waals surface area (Å²) >= 11 is 0. The third kappa shape index (κ3) is 4.36. The van der Waals surface area contributed by atoms with E-state index in [1.165, 1.54) is 30.6 Å². The van der Waals surface area contributed by atoms with Crippen molar-refractivity contribution in [2.24, 2.45) is 11.8 Å². The number of aromatic nitrogens is 1. The number of hydrogen-bond acceptors (Lipinski definition) is 3. The second-order valence-electron chi connectivity index (χ2n) is 8.17. The van der Waals surface area contributed by atoms with Crippen LogP contribution in [0.5, 0.6) is 5.75 Å². The van der Waals surface area contributed by atoms with Crippen molar-refractivity contribution in [2.75, 3.05) is 19.7 Å². The summed E-state index contributed by atoms with van der Waals surface area (Å²) in [5.74, 6) is 3.12. The van der Waals surface area contributed by atoms with Crippen LogP contribution in [0, 0.1) is 11.8 Å². The molecule has 0 N–H and O–H groups in total. The van der Waals surface area contributed by atoms with E-state index in [9.17, 15) is 0 Å². The molecule has 3 heteroatoms. The van der Waals surface area contributed by atoms with E-state index in [4.69, 9.17) is 4.74 Å². The van der Waals surface area contributed by atoms with Gasteiger partial charge in [-0.3, -0.25) is 4.98 Å². The van der Waals surface area contributed by atoms with Crippen LogP contribution in [0.2, 0.25) is 0 Å². The minimum atomic E-state index is 0.695. The van der Waals surface area contributed by atoms with Crippen molar-refractivity contribution in [3.8, 4) is 16.9 Å². The van der Waals surface area contributed by atoms with Crippen LogP contribution in [0.3, 0.4) is 0 Å². The van der Waals surface area contributed by atoms with E-state index in [0.29, 0.717) is 6.61 Å². The van der Waals surface area contributed by atoms with Crippen LogP contribution in [0.1, 0.15) is 27.2 Å². The molecular formula is C25H30N2O. The van der Waals surface area contributed by atoms with E-state index >= 15 is 0 Å². The lowest BCUT2D eigenvalue weighted by Gasteiger charge is -2.21. The maximum Gasteiger partial charge on any atom is 0.119 e. The largest absolute Gasteiger partial charge is 0.494 e. The number of nitrogens with zero attached hydrogens (tertiary/aromatic N) is 2. The fraction of sp³-hybridized carbons (Fsp3) is 0.400. The van der Waals surface area contributed by atoms with Gasteiger partial charge in [-0.25, -0.2) is 0 Å². The molecule has 3 nitrogen and oxygen atoms in total. The lowest BCUT2D eigenvalue weighted by atomic mass is 10.0. The van der Waals surface area contributed by atoms with E-state index in [1.807, 2.05) is 31.3 Å².